The van der Waals surface area contributed by atoms with Crippen molar-refractivity contribution in [2.45, 2.75) is 38.8 Å². The molecular weight excluding hydrogens is 326 g/mol. The number of aromatic carboxylic acids is 1. The first-order valence-corrected chi connectivity index (χ1v) is 8.84. The van der Waals surface area contributed by atoms with Gasteiger partial charge in [-0.1, -0.05) is 0 Å². The summed E-state index contributed by atoms with van der Waals surface area (Å²) in [5.74, 6) is -1.66. The lowest BCUT2D eigenvalue weighted by Crippen LogP contribution is -2.26. The predicted octanol–water partition coefficient (Wildman–Crippen LogP) is 3.00. The first-order valence-electron chi connectivity index (χ1n) is 6.55. The number of carbonyl (C=O) groups is 1. The molecule has 0 amide bonds. The second-order valence-electron chi connectivity index (χ2n) is 5.09. The van der Waals surface area contributed by atoms with Crippen LogP contribution in [0.3, 0.4) is 0 Å². The molecule has 0 aliphatic carbocycles. The van der Waals surface area contributed by atoms with E-state index in [1.54, 1.807) is 18.3 Å². The number of furan rings is 1. The topological polar surface area (TPSA) is 96.6 Å². The summed E-state index contributed by atoms with van der Waals surface area (Å²) in [4.78, 5) is 13.1. The summed E-state index contributed by atoms with van der Waals surface area (Å²) >= 11 is 1.59. The number of sulfonamides is 1. The Balaban J connectivity index is 2.29. The number of aryl methyl sites for hydroxylation is 3. The SMILES string of the molecule is Cc1cc(C(C)NS(=O)(=O)c2cc(C)c(C(=O)O)o2)c(C)s1. The van der Waals surface area contributed by atoms with E-state index in [1.807, 2.05) is 19.9 Å². The number of nitrogens with one attached hydrogen (secondary N) is 1. The third-order valence-electron chi connectivity index (χ3n) is 3.23. The highest BCUT2D eigenvalue weighted by molar-refractivity contribution is 7.89. The molecule has 0 aromatic carbocycles. The van der Waals surface area contributed by atoms with E-state index in [-0.39, 0.29) is 16.4 Å². The van der Waals surface area contributed by atoms with Crippen LogP contribution in [0.4, 0.5) is 0 Å². The Morgan fingerprint density at radius 1 is 1.32 bits per heavy atom. The van der Waals surface area contributed by atoms with Gasteiger partial charge in [-0.25, -0.2) is 17.9 Å². The molecule has 1 unspecified atom stereocenters. The fraction of sp³-hybridized carbons (Fsp3) is 0.357. The minimum Gasteiger partial charge on any atom is -0.475 e. The molecule has 2 aromatic rings. The Kier molecular flexibility index (Phi) is 4.46. The van der Waals surface area contributed by atoms with Crippen LogP contribution in [0.1, 0.15) is 44.4 Å². The lowest BCUT2D eigenvalue weighted by molar-refractivity contribution is 0.0655. The van der Waals surface area contributed by atoms with Gasteiger partial charge in [0.2, 0.25) is 10.9 Å². The van der Waals surface area contributed by atoms with Crippen molar-refractivity contribution >= 4 is 27.3 Å². The van der Waals surface area contributed by atoms with Crippen LogP contribution in [0.2, 0.25) is 0 Å². The molecule has 2 heterocycles. The van der Waals surface area contributed by atoms with Gasteiger partial charge in [-0.15, -0.1) is 11.3 Å². The van der Waals surface area contributed by atoms with E-state index in [0.717, 1.165) is 15.3 Å². The van der Waals surface area contributed by atoms with Crippen LogP contribution in [-0.4, -0.2) is 19.5 Å². The van der Waals surface area contributed by atoms with Gasteiger partial charge >= 0.3 is 5.97 Å². The molecule has 22 heavy (non-hydrogen) atoms. The van der Waals surface area contributed by atoms with Crippen LogP contribution < -0.4 is 4.72 Å². The molecule has 1 atom stereocenters. The molecule has 0 saturated carbocycles. The molecule has 0 spiro atoms. The average Bonchev–Trinajstić information content (AvgIpc) is 2.92. The molecule has 0 saturated heterocycles. The van der Waals surface area contributed by atoms with Gasteiger partial charge in [0.25, 0.3) is 10.0 Å². The standard InChI is InChI=1S/C14H17NO5S2/c1-7-5-12(20-13(7)14(16)17)22(18,19)15-9(3)11-6-8(2)21-10(11)4/h5-6,9,15H,1-4H3,(H,16,17). The second kappa shape index (κ2) is 5.86. The molecule has 0 aliphatic heterocycles. The van der Waals surface area contributed by atoms with Crippen molar-refractivity contribution in [3.63, 3.8) is 0 Å². The first kappa shape index (κ1) is 16.7. The quantitative estimate of drug-likeness (QED) is 0.870. The molecule has 2 N–H and O–H groups in total. The monoisotopic (exact) mass is 343 g/mol. The summed E-state index contributed by atoms with van der Waals surface area (Å²) in [5, 5.41) is 8.55. The minimum absolute atomic E-state index is 0.267. The van der Waals surface area contributed by atoms with Gasteiger partial charge < -0.3 is 9.52 Å². The second-order valence-corrected chi connectivity index (χ2v) is 8.20. The molecule has 6 nitrogen and oxygen atoms in total. The molecule has 0 radical (unpaired) electrons. The lowest BCUT2D eigenvalue weighted by Gasteiger charge is -2.12. The van der Waals surface area contributed by atoms with Crippen molar-refractivity contribution in [1.82, 2.24) is 4.72 Å². The third-order valence-corrected chi connectivity index (χ3v) is 5.61. The van der Waals surface area contributed by atoms with Crippen molar-refractivity contribution in [1.29, 1.82) is 0 Å². The van der Waals surface area contributed by atoms with Crippen molar-refractivity contribution in [2.75, 3.05) is 0 Å². The summed E-state index contributed by atoms with van der Waals surface area (Å²) in [7, 11) is -3.93. The minimum atomic E-state index is -3.93. The van der Waals surface area contributed by atoms with E-state index in [0.29, 0.717) is 0 Å². The highest BCUT2D eigenvalue weighted by Gasteiger charge is 2.26. The van der Waals surface area contributed by atoms with Gasteiger partial charge in [-0.2, -0.15) is 0 Å². The van der Waals surface area contributed by atoms with Crippen LogP contribution in [0, 0.1) is 20.8 Å². The highest BCUT2D eigenvalue weighted by atomic mass is 32.2. The van der Waals surface area contributed by atoms with E-state index >= 15 is 0 Å². The van der Waals surface area contributed by atoms with Crippen LogP contribution in [0.5, 0.6) is 0 Å². The summed E-state index contributed by atoms with van der Waals surface area (Å²) in [6, 6.07) is 2.71. The number of hydrogen-bond donors (Lipinski definition) is 2. The van der Waals surface area contributed by atoms with Gasteiger partial charge in [0.15, 0.2) is 0 Å². The van der Waals surface area contributed by atoms with Gasteiger partial charge in [0.1, 0.15) is 0 Å². The van der Waals surface area contributed by atoms with E-state index in [4.69, 9.17) is 9.52 Å². The number of carboxylic acids is 1. The number of rotatable bonds is 5. The van der Waals surface area contributed by atoms with Crippen molar-refractivity contribution < 1.29 is 22.7 Å². The predicted molar refractivity (Wildman–Crippen MR) is 82.9 cm³/mol. The van der Waals surface area contributed by atoms with E-state index in [1.165, 1.54) is 13.0 Å². The zero-order valence-electron chi connectivity index (χ0n) is 12.6. The van der Waals surface area contributed by atoms with Gasteiger partial charge in [-0.3, -0.25) is 0 Å². The maximum atomic E-state index is 12.3. The number of hydrogen-bond acceptors (Lipinski definition) is 5. The summed E-state index contributed by atoms with van der Waals surface area (Å²) in [5.41, 5.74) is 1.16. The summed E-state index contributed by atoms with van der Waals surface area (Å²) in [6.45, 7) is 7.11. The van der Waals surface area contributed by atoms with E-state index < -0.39 is 22.0 Å². The lowest BCUT2D eigenvalue weighted by atomic mass is 10.1. The molecule has 0 aliphatic rings. The van der Waals surface area contributed by atoms with Crippen molar-refractivity contribution in [3.8, 4) is 0 Å². The molecule has 2 rings (SSSR count). The van der Waals surface area contributed by atoms with E-state index in [2.05, 4.69) is 4.72 Å². The van der Waals surface area contributed by atoms with Gasteiger partial charge in [0.05, 0.1) is 0 Å². The largest absolute Gasteiger partial charge is 0.475 e. The maximum Gasteiger partial charge on any atom is 0.372 e. The van der Waals surface area contributed by atoms with Gasteiger partial charge in [-0.05, 0) is 39.3 Å². The van der Waals surface area contributed by atoms with Crippen molar-refractivity contribution in [2.24, 2.45) is 0 Å². The summed E-state index contributed by atoms with van der Waals surface area (Å²) < 4.78 is 32.1. The number of carboxylic acid groups (broad SMARTS) is 1. The zero-order valence-corrected chi connectivity index (χ0v) is 14.3. The molecule has 120 valence electrons. The zero-order chi connectivity index (χ0) is 16.7. The molecule has 8 heteroatoms. The Labute approximate surface area is 132 Å². The van der Waals surface area contributed by atoms with E-state index in [9.17, 15) is 13.2 Å². The Hall–Kier alpha value is -1.64. The van der Waals surface area contributed by atoms with Crippen LogP contribution in [-0.2, 0) is 10.0 Å². The van der Waals surface area contributed by atoms with Crippen LogP contribution >= 0.6 is 11.3 Å². The smallest absolute Gasteiger partial charge is 0.372 e. The maximum absolute atomic E-state index is 12.3. The summed E-state index contributed by atoms with van der Waals surface area (Å²) in [6.07, 6.45) is 0. The Morgan fingerprint density at radius 2 is 1.95 bits per heavy atom. The van der Waals surface area contributed by atoms with Crippen LogP contribution in [0.15, 0.2) is 21.6 Å². The molecule has 0 fully saturated rings. The van der Waals surface area contributed by atoms with Gasteiger partial charge in [0, 0.05) is 27.4 Å². The third kappa shape index (κ3) is 3.23. The Bertz CT molecular complexity index is 816. The fourth-order valence-corrected chi connectivity index (χ4v) is 4.49. The number of thiophene rings is 1. The Morgan fingerprint density at radius 3 is 2.41 bits per heavy atom. The first-order chi connectivity index (χ1) is 10.1. The molecular formula is C14H17NO5S2. The normalized spacial score (nSPS) is 13.3. The van der Waals surface area contributed by atoms with Crippen LogP contribution in [0.25, 0.3) is 0 Å². The highest BCUT2D eigenvalue weighted by Crippen LogP contribution is 2.28. The fourth-order valence-electron chi connectivity index (χ4n) is 2.23. The molecule has 0 bridgehead atoms. The van der Waals surface area contributed by atoms with Crippen molar-refractivity contribution in [3.05, 3.63) is 38.8 Å². The average molecular weight is 343 g/mol. The molecule has 2 aromatic heterocycles.